The lowest BCUT2D eigenvalue weighted by Gasteiger charge is -2.18. The van der Waals surface area contributed by atoms with E-state index in [1.165, 1.54) is 16.7 Å². The largest absolute Gasteiger partial charge is 0.473 e. The van der Waals surface area contributed by atoms with Crippen LogP contribution in [-0.4, -0.2) is 39.1 Å². The van der Waals surface area contributed by atoms with Crippen molar-refractivity contribution in [1.82, 2.24) is 25.0 Å². The summed E-state index contributed by atoms with van der Waals surface area (Å²) in [5.74, 6) is -0.167. The molecule has 3 aromatic carbocycles. The Labute approximate surface area is 250 Å². The van der Waals surface area contributed by atoms with Crippen LogP contribution in [0.1, 0.15) is 36.5 Å². The number of halogens is 1. The van der Waals surface area contributed by atoms with Crippen molar-refractivity contribution in [2.24, 2.45) is 0 Å². The molecule has 222 valence electrons. The first-order valence-corrected chi connectivity index (χ1v) is 14.9. The molecule has 2 atom stereocenters. The normalized spacial score (nSPS) is 11.9. The highest BCUT2D eigenvalue weighted by molar-refractivity contribution is 7.16. The monoisotopic (exact) mass is 601 g/mol. The molecule has 0 amide bonds. The fourth-order valence-corrected chi connectivity index (χ4v) is 5.21. The molecule has 0 fully saturated rings. The molecule has 0 spiro atoms. The maximum atomic E-state index is 15.0. The molecule has 0 aliphatic carbocycles. The van der Waals surface area contributed by atoms with Crippen molar-refractivity contribution in [2.75, 3.05) is 13.2 Å². The Morgan fingerprint density at radius 2 is 1.84 bits per heavy atom. The zero-order valence-electron chi connectivity index (χ0n) is 24.2. The molecule has 0 aliphatic rings. The Hall–Kier alpha value is -4.40. The van der Waals surface area contributed by atoms with Gasteiger partial charge in [-0.25, -0.2) is 14.2 Å². The summed E-state index contributed by atoms with van der Waals surface area (Å²) in [6, 6.07) is 20.0. The van der Waals surface area contributed by atoms with E-state index < -0.39 is 11.6 Å². The second kappa shape index (κ2) is 13.3. The van der Waals surface area contributed by atoms with Crippen LogP contribution in [0.2, 0.25) is 0 Å². The van der Waals surface area contributed by atoms with Gasteiger partial charge >= 0.3 is 5.76 Å². The molecule has 2 N–H and O–H groups in total. The van der Waals surface area contributed by atoms with E-state index in [1.807, 2.05) is 55.5 Å². The highest BCUT2D eigenvalue weighted by Crippen LogP contribution is 2.30. The van der Waals surface area contributed by atoms with Crippen molar-refractivity contribution in [1.29, 1.82) is 0 Å². The van der Waals surface area contributed by atoms with E-state index in [1.54, 1.807) is 20.0 Å². The summed E-state index contributed by atoms with van der Waals surface area (Å²) in [6.07, 6.45) is 1.85. The Bertz CT molecular complexity index is 1850. The summed E-state index contributed by atoms with van der Waals surface area (Å²) in [7, 11) is 4.42. The first-order valence-electron chi connectivity index (χ1n) is 14.0. The molecule has 2 heterocycles. The van der Waals surface area contributed by atoms with Gasteiger partial charge in [-0.2, -0.15) is 0 Å². The predicted octanol–water partition coefficient (Wildman–Crippen LogP) is 4.90. The van der Waals surface area contributed by atoms with Gasteiger partial charge in [0.1, 0.15) is 12.1 Å². The van der Waals surface area contributed by atoms with Gasteiger partial charge in [0.15, 0.2) is 17.4 Å². The van der Waals surface area contributed by atoms with E-state index in [0.717, 1.165) is 34.1 Å². The van der Waals surface area contributed by atoms with Gasteiger partial charge in [0.05, 0.1) is 11.4 Å². The van der Waals surface area contributed by atoms with Crippen LogP contribution in [0.3, 0.4) is 0 Å². The molecular formula is C32H33FN5O4P. The Balaban J connectivity index is 1.51. The third-order valence-corrected chi connectivity index (χ3v) is 7.47. The number of aryl methyl sites for hydroxylation is 2. The first-order chi connectivity index (χ1) is 20.8. The lowest BCUT2D eigenvalue weighted by atomic mass is 9.96. The quantitative estimate of drug-likeness (QED) is 0.164. The molecule has 0 radical (unpaired) electrons. The van der Waals surface area contributed by atoms with E-state index in [4.69, 9.17) is 14.2 Å². The molecule has 0 saturated carbocycles. The van der Waals surface area contributed by atoms with E-state index in [-0.39, 0.29) is 17.5 Å². The van der Waals surface area contributed by atoms with Crippen molar-refractivity contribution in [3.63, 3.8) is 0 Å². The second-order valence-corrected chi connectivity index (χ2v) is 10.6. The van der Waals surface area contributed by atoms with Crippen LogP contribution in [0.25, 0.3) is 28.2 Å². The topological polar surface area (TPSA) is 115 Å². The lowest BCUT2D eigenvalue weighted by molar-refractivity contribution is 0.185. The van der Waals surface area contributed by atoms with Gasteiger partial charge in [0.25, 0.3) is 5.56 Å². The van der Waals surface area contributed by atoms with Crippen molar-refractivity contribution in [3.05, 3.63) is 116 Å². The van der Waals surface area contributed by atoms with E-state index in [9.17, 15) is 9.59 Å². The number of benzene rings is 3. The van der Waals surface area contributed by atoms with Crippen molar-refractivity contribution >= 4 is 9.24 Å². The summed E-state index contributed by atoms with van der Waals surface area (Å²) >= 11 is 0. The van der Waals surface area contributed by atoms with Gasteiger partial charge in [-0.3, -0.25) is 24.2 Å². The Morgan fingerprint density at radius 1 is 1.09 bits per heavy atom. The van der Waals surface area contributed by atoms with Gasteiger partial charge in [-0.1, -0.05) is 60.6 Å². The summed E-state index contributed by atoms with van der Waals surface area (Å²) in [5, 5.41) is 6.75. The number of nitrogens with one attached hydrogen (secondary N) is 2. The Kier molecular flexibility index (Phi) is 9.28. The standard InChI is InChI=1S/C32H33FN5O4P/c1-4-29-35-27(15-16-43)25(31(39)38(29)22-13-14-28(26(33)18-22)41-19(2)34-3)17-20-9-11-21(12-10-20)23-7-5-6-8-24(23)30-36-32(40)42-37-30/h5-14,18-19,34H,4,15-17,43H2,1-3H3,(H,36,37,40). The predicted molar refractivity (Wildman–Crippen MR) is 167 cm³/mol. The zero-order chi connectivity index (χ0) is 30.5. The minimum atomic E-state index is -0.620. The van der Waals surface area contributed by atoms with Crippen LogP contribution in [0.15, 0.2) is 80.8 Å². The number of aromatic amines is 1. The van der Waals surface area contributed by atoms with Gasteiger partial charge in [-0.05, 0) is 55.4 Å². The van der Waals surface area contributed by atoms with Crippen molar-refractivity contribution < 1.29 is 13.7 Å². The number of aromatic nitrogens is 4. The molecule has 5 rings (SSSR count). The van der Waals surface area contributed by atoms with E-state index in [2.05, 4.69) is 24.7 Å². The maximum absolute atomic E-state index is 15.0. The highest BCUT2D eigenvalue weighted by Gasteiger charge is 2.19. The molecule has 0 aliphatic heterocycles. The fraction of sp³-hybridized carbons (Fsp3) is 0.250. The van der Waals surface area contributed by atoms with E-state index in [0.29, 0.717) is 42.2 Å². The average Bonchev–Trinajstić information content (AvgIpc) is 3.46. The molecule has 0 saturated heterocycles. The molecule has 11 heteroatoms. The third kappa shape index (κ3) is 6.50. The number of H-pyrrole nitrogens is 1. The lowest BCUT2D eigenvalue weighted by Crippen LogP contribution is -2.30. The minimum Gasteiger partial charge on any atom is -0.473 e. The summed E-state index contributed by atoms with van der Waals surface area (Å²) in [5.41, 5.74) is 4.92. The number of hydrogen-bond donors (Lipinski definition) is 2. The second-order valence-electron chi connectivity index (χ2n) is 10.0. The molecule has 2 aromatic heterocycles. The molecule has 2 unspecified atom stereocenters. The van der Waals surface area contributed by atoms with Crippen LogP contribution < -0.4 is 21.4 Å². The van der Waals surface area contributed by atoms with Crippen LogP contribution in [-0.2, 0) is 19.3 Å². The zero-order valence-corrected chi connectivity index (χ0v) is 25.3. The van der Waals surface area contributed by atoms with E-state index >= 15 is 4.39 Å². The first kappa shape index (κ1) is 30.1. The minimum absolute atomic E-state index is 0.0982. The average molecular weight is 602 g/mol. The Morgan fingerprint density at radius 3 is 2.47 bits per heavy atom. The van der Waals surface area contributed by atoms with Crippen LogP contribution in [0.5, 0.6) is 5.75 Å². The molecule has 43 heavy (non-hydrogen) atoms. The fourth-order valence-electron chi connectivity index (χ4n) is 4.94. The summed E-state index contributed by atoms with van der Waals surface area (Å²) in [4.78, 5) is 33.1. The molecule has 0 bridgehead atoms. The number of rotatable bonds is 11. The maximum Gasteiger partial charge on any atom is 0.439 e. The number of hydrogen-bond acceptors (Lipinski definition) is 7. The third-order valence-electron chi connectivity index (χ3n) is 7.18. The van der Waals surface area contributed by atoms with Crippen LogP contribution >= 0.6 is 9.24 Å². The highest BCUT2D eigenvalue weighted by atomic mass is 31.0. The van der Waals surface area contributed by atoms with Gasteiger partial charge in [0.2, 0.25) is 0 Å². The van der Waals surface area contributed by atoms with Gasteiger partial charge in [-0.15, -0.1) is 9.24 Å². The summed E-state index contributed by atoms with van der Waals surface area (Å²) in [6.45, 7) is 3.70. The van der Waals surface area contributed by atoms with Crippen LogP contribution in [0, 0.1) is 5.82 Å². The number of nitrogens with zero attached hydrogens (tertiary/aromatic N) is 3. The van der Waals surface area contributed by atoms with Gasteiger partial charge in [0, 0.05) is 30.0 Å². The number of ether oxygens (including phenoxy) is 1. The smallest absolute Gasteiger partial charge is 0.439 e. The molecule has 5 aromatic rings. The van der Waals surface area contributed by atoms with Crippen molar-refractivity contribution in [2.45, 2.75) is 39.3 Å². The summed E-state index contributed by atoms with van der Waals surface area (Å²) < 4.78 is 26.8. The SMILES string of the molecule is CCc1nc(CCP)c(Cc2ccc(-c3ccccc3-c3noc(=O)[nH]3)cc2)c(=O)n1-c1ccc(OC(C)NC)c(F)c1. The van der Waals surface area contributed by atoms with Crippen LogP contribution in [0.4, 0.5) is 4.39 Å². The van der Waals surface area contributed by atoms with Gasteiger partial charge < -0.3 is 4.74 Å². The molecule has 9 nitrogen and oxygen atoms in total. The molecular weight excluding hydrogens is 568 g/mol. The van der Waals surface area contributed by atoms with Crippen molar-refractivity contribution in [3.8, 4) is 34.0 Å².